The highest BCUT2D eigenvalue weighted by atomic mass is 32.2. The summed E-state index contributed by atoms with van der Waals surface area (Å²) in [6.07, 6.45) is 0.548. The van der Waals surface area contributed by atoms with Crippen molar-refractivity contribution in [3.8, 4) is 11.1 Å². The second-order valence-electron chi connectivity index (χ2n) is 5.55. The highest BCUT2D eigenvalue weighted by Crippen LogP contribution is 2.29. The van der Waals surface area contributed by atoms with Crippen LogP contribution >= 0.6 is 23.5 Å². The molecule has 4 rings (SSSR count). The van der Waals surface area contributed by atoms with Gasteiger partial charge in [-0.3, -0.25) is 4.72 Å². The van der Waals surface area contributed by atoms with E-state index in [1.54, 1.807) is 11.3 Å². The normalized spacial score (nSPS) is 11.3. The van der Waals surface area contributed by atoms with Crippen molar-refractivity contribution in [3.05, 3.63) is 65.3 Å². The molecule has 0 fully saturated rings. The smallest absolute Gasteiger partial charge is 0.231 e. The first kappa shape index (κ1) is 17.2. The lowest BCUT2D eigenvalue weighted by molar-refractivity contribution is 0.455. The molecule has 0 aliphatic heterocycles. The zero-order valence-corrected chi connectivity index (χ0v) is 15.7. The summed E-state index contributed by atoms with van der Waals surface area (Å²) in [7, 11) is 1.84. The molecule has 8 heteroatoms. The van der Waals surface area contributed by atoms with E-state index in [9.17, 15) is 0 Å². The number of nitrogens with zero attached hydrogens (tertiary/aromatic N) is 3. The van der Waals surface area contributed by atoms with Crippen LogP contribution in [-0.2, 0) is 13.0 Å². The molecule has 2 heterocycles. The predicted molar refractivity (Wildman–Crippen MR) is 106 cm³/mol. The Labute approximate surface area is 159 Å². The zero-order chi connectivity index (χ0) is 17.8. The van der Waals surface area contributed by atoms with Crippen LogP contribution in [0.15, 0.2) is 52.9 Å². The Hall–Kier alpha value is -2.26. The van der Waals surface area contributed by atoms with Crippen molar-refractivity contribution >= 4 is 33.7 Å². The van der Waals surface area contributed by atoms with E-state index in [1.165, 1.54) is 23.3 Å². The fourth-order valence-electron chi connectivity index (χ4n) is 2.59. The van der Waals surface area contributed by atoms with E-state index >= 15 is 0 Å². The van der Waals surface area contributed by atoms with Gasteiger partial charge in [-0.25, -0.2) is 9.71 Å². The highest BCUT2D eigenvalue weighted by molar-refractivity contribution is 7.95. The van der Waals surface area contributed by atoms with Crippen LogP contribution in [0.1, 0.15) is 16.8 Å². The number of nitrogens with one attached hydrogen (secondary N) is 2. The number of aromatic nitrogens is 3. The van der Waals surface area contributed by atoms with Crippen molar-refractivity contribution in [1.29, 1.82) is 0 Å². The summed E-state index contributed by atoms with van der Waals surface area (Å²) in [5, 5.41) is 9.12. The van der Waals surface area contributed by atoms with Crippen molar-refractivity contribution < 1.29 is 4.42 Å². The molecule has 2 aromatic carbocycles. The van der Waals surface area contributed by atoms with Crippen molar-refractivity contribution in [2.45, 2.75) is 13.0 Å². The quantitative estimate of drug-likeness (QED) is 0.371. The molecule has 0 radical (unpaired) electrons. The second kappa shape index (κ2) is 7.96. The van der Waals surface area contributed by atoms with Crippen LogP contribution in [0, 0.1) is 0 Å². The van der Waals surface area contributed by atoms with Gasteiger partial charge >= 0.3 is 0 Å². The summed E-state index contributed by atoms with van der Waals surface area (Å²) in [6, 6.07) is 16.7. The first-order chi connectivity index (χ1) is 12.8. The first-order valence-electron chi connectivity index (χ1n) is 8.13. The number of rotatable bonds is 7. The average molecular weight is 384 g/mol. The van der Waals surface area contributed by atoms with E-state index < -0.39 is 0 Å². The van der Waals surface area contributed by atoms with Crippen LogP contribution in [0.2, 0.25) is 0 Å². The zero-order valence-electron chi connectivity index (χ0n) is 14.1. The minimum atomic E-state index is 0.513. The van der Waals surface area contributed by atoms with E-state index in [2.05, 4.69) is 67.1 Å². The Morgan fingerprint density at radius 2 is 1.88 bits per heavy atom. The lowest BCUT2D eigenvalue weighted by atomic mass is 10.1. The van der Waals surface area contributed by atoms with Crippen LogP contribution in [0.3, 0.4) is 0 Å². The van der Waals surface area contributed by atoms with Crippen LogP contribution in [0.5, 0.6) is 0 Å². The molecular weight excluding hydrogens is 366 g/mol. The van der Waals surface area contributed by atoms with E-state index in [4.69, 9.17) is 4.42 Å². The Morgan fingerprint density at radius 1 is 1.04 bits per heavy atom. The Kier molecular flexibility index (Phi) is 5.26. The molecule has 0 aliphatic rings. The van der Waals surface area contributed by atoms with Gasteiger partial charge in [0.2, 0.25) is 11.8 Å². The third-order valence-electron chi connectivity index (χ3n) is 3.75. The minimum absolute atomic E-state index is 0.513. The molecule has 6 nitrogen and oxygen atoms in total. The summed E-state index contributed by atoms with van der Waals surface area (Å²) in [5.41, 5.74) is 3.40. The number of thiazole rings is 1. The van der Waals surface area contributed by atoms with Gasteiger partial charge in [0, 0.05) is 12.1 Å². The second-order valence-corrected chi connectivity index (χ2v) is 7.57. The lowest BCUT2D eigenvalue weighted by Gasteiger charge is -2.00. The molecular formula is C18H17N5OS2. The maximum Gasteiger partial charge on any atom is 0.231 e. The Bertz CT molecular complexity index is 999. The molecule has 4 aromatic rings. The summed E-state index contributed by atoms with van der Waals surface area (Å²) in [5.74, 6) is 1.15. The molecule has 0 unspecified atom stereocenters. The third-order valence-corrected chi connectivity index (χ3v) is 5.26. The van der Waals surface area contributed by atoms with E-state index in [1.807, 2.05) is 13.1 Å². The summed E-state index contributed by atoms with van der Waals surface area (Å²) in [4.78, 5) is 4.69. The van der Waals surface area contributed by atoms with Crippen LogP contribution < -0.4 is 9.44 Å². The topological polar surface area (TPSA) is 75.9 Å². The third kappa shape index (κ3) is 3.94. The molecule has 0 amide bonds. The van der Waals surface area contributed by atoms with Gasteiger partial charge in [0.05, 0.1) is 23.2 Å². The number of benzene rings is 2. The Morgan fingerprint density at radius 3 is 2.73 bits per heavy atom. The van der Waals surface area contributed by atoms with Crippen LogP contribution in [0.4, 0.5) is 0 Å². The van der Waals surface area contributed by atoms with Gasteiger partial charge in [-0.15, -0.1) is 21.5 Å². The number of fused-ring (bicyclic) bond motifs is 1. The van der Waals surface area contributed by atoms with Crippen LogP contribution in [0.25, 0.3) is 21.3 Å². The fraction of sp³-hybridized carbons (Fsp3) is 0.167. The van der Waals surface area contributed by atoms with Crippen molar-refractivity contribution in [1.82, 2.24) is 24.6 Å². The fourth-order valence-corrected chi connectivity index (χ4v) is 3.93. The molecule has 0 bridgehead atoms. The standard InChI is InChI=1S/C18H17N5OS2/c1-19-26-20-11-17-23-22-16(24-17)10-18-21-14-8-7-13(9-15(14)25-18)12-5-3-2-4-6-12/h2-9,19-20H,10-11H2,1H3. The first-order valence-corrected chi connectivity index (χ1v) is 9.77. The van der Waals surface area contributed by atoms with Crippen molar-refractivity contribution in [2.24, 2.45) is 0 Å². The molecule has 0 saturated carbocycles. The minimum Gasteiger partial charge on any atom is -0.423 e. The van der Waals surface area contributed by atoms with Gasteiger partial charge in [0.15, 0.2) is 0 Å². The molecule has 26 heavy (non-hydrogen) atoms. The van der Waals surface area contributed by atoms with E-state index in [0.717, 1.165) is 15.2 Å². The molecule has 2 N–H and O–H groups in total. The van der Waals surface area contributed by atoms with Gasteiger partial charge in [0.25, 0.3) is 0 Å². The van der Waals surface area contributed by atoms with Crippen molar-refractivity contribution in [2.75, 3.05) is 7.05 Å². The molecule has 0 aliphatic carbocycles. The lowest BCUT2D eigenvalue weighted by Crippen LogP contribution is -2.09. The van der Waals surface area contributed by atoms with Crippen LogP contribution in [-0.4, -0.2) is 22.2 Å². The molecule has 2 aromatic heterocycles. The van der Waals surface area contributed by atoms with Crippen molar-refractivity contribution in [3.63, 3.8) is 0 Å². The molecule has 132 valence electrons. The Balaban J connectivity index is 1.51. The van der Waals surface area contributed by atoms with Gasteiger partial charge < -0.3 is 4.42 Å². The van der Waals surface area contributed by atoms with E-state index in [0.29, 0.717) is 24.7 Å². The molecule has 0 saturated heterocycles. The number of hydrogen-bond acceptors (Lipinski definition) is 8. The van der Waals surface area contributed by atoms with Gasteiger partial charge in [-0.2, -0.15) is 0 Å². The maximum atomic E-state index is 5.66. The highest BCUT2D eigenvalue weighted by Gasteiger charge is 2.11. The monoisotopic (exact) mass is 383 g/mol. The van der Waals surface area contributed by atoms with Gasteiger partial charge in [-0.1, -0.05) is 36.4 Å². The maximum absolute atomic E-state index is 5.66. The number of hydrogen-bond donors (Lipinski definition) is 2. The average Bonchev–Trinajstić information content (AvgIpc) is 3.28. The van der Waals surface area contributed by atoms with Gasteiger partial charge in [-0.05, 0) is 30.3 Å². The molecule has 0 spiro atoms. The van der Waals surface area contributed by atoms with E-state index in [-0.39, 0.29) is 0 Å². The largest absolute Gasteiger partial charge is 0.423 e. The molecule has 0 atom stereocenters. The van der Waals surface area contributed by atoms with Gasteiger partial charge in [0.1, 0.15) is 5.01 Å². The summed E-state index contributed by atoms with van der Waals surface area (Å²) in [6.45, 7) is 0.513. The summed E-state index contributed by atoms with van der Waals surface area (Å²) < 4.78 is 12.8. The summed E-state index contributed by atoms with van der Waals surface area (Å²) >= 11 is 3.04. The SMILES string of the molecule is CNSNCc1nnc(Cc2nc3ccc(-c4ccccc4)cc3s2)o1. The predicted octanol–water partition coefficient (Wildman–Crippen LogP) is 3.81.